The van der Waals surface area contributed by atoms with Crippen LogP contribution in [-0.4, -0.2) is 14.5 Å². The summed E-state index contributed by atoms with van der Waals surface area (Å²) in [6, 6.07) is 3.16. The first kappa shape index (κ1) is 12.9. The fourth-order valence-corrected chi connectivity index (χ4v) is 2.85. The normalized spacial score (nSPS) is 17.2. The fraction of sp³-hybridized carbons (Fsp3) is 0.364. The minimum Gasteiger partial charge on any atom is -0.207 e. The van der Waals surface area contributed by atoms with E-state index in [2.05, 4.69) is 4.72 Å². The first-order valence-electron chi connectivity index (χ1n) is 5.31. The van der Waals surface area contributed by atoms with E-state index in [1.165, 1.54) is 0 Å². The van der Waals surface area contributed by atoms with E-state index < -0.39 is 32.6 Å². The molecule has 1 atom stereocenters. The highest BCUT2D eigenvalue weighted by molar-refractivity contribution is 7.89. The minimum atomic E-state index is -4.14. The van der Waals surface area contributed by atoms with Crippen LogP contribution in [0.25, 0.3) is 0 Å². The molecule has 0 bridgehead atoms. The predicted molar refractivity (Wildman–Crippen MR) is 58.8 cm³/mol. The van der Waals surface area contributed by atoms with Gasteiger partial charge in [0.1, 0.15) is 22.6 Å². The largest absolute Gasteiger partial charge is 0.244 e. The summed E-state index contributed by atoms with van der Waals surface area (Å²) in [5, 5.41) is 8.83. The molecule has 2 rings (SSSR count). The molecule has 0 spiro atoms. The van der Waals surface area contributed by atoms with Crippen LogP contribution in [0, 0.1) is 28.9 Å². The summed E-state index contributed by atoms with van der Waals surface area (Å²) in [4.78, 5) is -0.648. The van der Waals surface area contributed by atoms with Crippen molar-refractivity contribution in [2.45, 2.75) is 23.8 Å². The van der Waals surface area contributed by atoms with Gasteiger partial charge in [0.05, 0.1) is 6.07 Å². The van der Waals surface area contributed by atoms with Gasteiger partial charge in [-0.05, 0) is 30.9 Å². The average Bonchev–Trinajstić information content (AvgIpc) is 3.09. The Kier molecular flexibility index (Phi) is 3.32. The zero-order valence-electron chi connectivity index (χ0n) is 9.23. The van der Waals surface area contributed by atoms with E-state index in [-0.39, 0.29) is 5.92 Å². The summed E-state index contributed by atoms with van der Waals surface area (Å²) < 4.78 is 51.9. The Morgan fingerprint density at radius 3 is 2.56 bits per heavy atom. The molecular weight excluding hydrogens is 262 g/mol. The number of rotatable bonds is 4. The van der Waals surface area contributed by atoms with E-state index >= 15 is 0 Å². The summed E-state index contributed by atoms with van der Waals surface area (Å²) >= 11 is 0. The lowest BCUT2D eigenvalue weighted by atomic mass is 10.2. The Labute approximate surface area is 103 Å². The topological polar surface area (TPSA) is 70.0 Å². The molecule has 1 saturated carbocycles. The molecule has 0 aromatic heterocycles. The molecule has 1 aliphatic carbocycles. The molecule has 4 nitrogen and oxygen atoms in total. The highest BCUT2D eigenvalue weighted by Gasteiger charge is 2.35. The highest BCUT2D eigenvalue weighted by atomic mass is 32.2. The number of sulfonamides is 1. The molecule has 1 unspecified atom stereocenters. The van der Waals surface area contributed by atoms with Gasteiger partial charge in [0.25, 0.3) is 0 Å². The Morgan fingerprint density at radius 2 is 2.06 bits per heavy atom. The van der Waals surface area contributed by atoms with Crippen molar-refractivity contribution in [1.82, 2.24) is 4.72 Å². The van der Waals surface area contributed by atoms with Crippen LogP contribution in [0.1, 0.15) is 12.8 Å². The van der Waals surface area contributed by atoms with Crippen LogP contribution in [0.5, 0.6) is 0 Å². The monoisotopic (exact) mass is 272 g/mol. The smallest absolute Gasteiger partial charge is 0.207 e. The van der Waals surface area contributed by atoms with Crippen LogP contribution in [0.15, 0.2) is 23.1 Å². The molecule has 18 heavy (non-hydrogen) atoms. The molecule has 0 aliphatic heterocycles. The molecule has 1 aromatic carbocycles. The SMILES string of the molecule is N#CC(NS(=O)(=O)c1ccc(F)cc1F)C1CC1. The van der Waals surface area contributed by atoms with Crippen molar-refractivity contribution in [3.05, 3.63) is 29.8 Å². The zero-order valence-corrected chi connectivity index (χ0v) is 10.0. The lowest BCUT2D eigenvalue weighted by Gasteiger charge is -2.11. The molecule has 96 valence electrons. The molecule has 7 heteroatoms. The second kappa shape index (κ2) is 4.63. The van der Waals surface area contributed by atoms with E-state index in [4.69, 9.17) is 5.26 Å². The molecule has 0 radical (unpaired) electrons. The summed E-state index contributed by atoms with van der Waals surface area (Å²) in [5.74, 6) is -2.05. The van der Waals surface area contributed by atoms with Gasteiger partial charge in [0, 0.05) is 6.07 Å². The quantitative estimate of drug-likeness (QED) is 0.904. The van der Waals surface area contributed by atoms with E-state index in [9.17, 15) is 17.2 Å². The summed E-state index contributed by atoms with van der Waals surface area (Å²) in [6.45, 7) is 0. The summed E-state index contributed by atoms with van der Waals surface area (Å²) in [5.41, 5.74) is 0. The van der Waals surface area contributed by atoms with Gasteiger partial charge in [-0.15, -0.1) is 0 Å². The lowest BCUT2D eigenvalue weighted by molar-refractivity contribution is 0.534. The maximum atomic E-state index is 13.4. The molecular formula is C11H10F2N2O2S. The summed E-state index contributed by atoms with van der Waals surface area (Å²) in [7, 11) is -4.14. The number of benzene rings is 1. The average molecular weight is 272 g/mol. The van der Waals surface area contributed by atoms with Crippen molar-refractivity contribution in [3.8, 4) is 6.07 Å². The van der Waals surface area contributed by atoms with Crippen molar-refractivity contribution in [3.63, 3.8) is 0 Å². The van der Waals surface area contributed by atoms with Crippen molar-refractivity contribution < 1.29 is 17.2 Å². The van der Waals surface area contributed by atoms with Crippen LogP contribution in [0.2, 0.25) is 0 Å². The third kappa shape index (κ3) is 2.66. The maximum Gasteiger partial charge on any atom is 0.244 e. The second-order valence-electron chi connectivity index (χ2n) is 4.14. The molecule has 1 fully saturated rings. The van der Waals surface area contributed by atoms with Crippen molar-refractivity contribution >= 4 is 10.0 Å². The Hall–Kier alpha value is -1.52. The van der Waals surface area contributed by atoms with Gasteiger partial charge >= 0.3 is 0 Å². The van der Waals surface area contributed by atoms with E-state index in [1.807, 2.05) is 6.07 Å². The molecule has 0 heterocycles. The molecule has 1 N–H and O–H groups in total. The predicted octanol–water partition coefficient (Wildman–Crippen LogP) is 1.55. The number of hydrogen-bond donors (Lipinski definition) is 1. The Bertz CT molecular complexity index is 606. The van der Waals surface area contributed by atoms with Gasteiger partial charge in [-0.2, -0.15) is 9.98 Å². The lowest BCUT2D eigenvalue weighted by Crippen LogP contribution is -2.35. The standard InChI is InChI=1S/C11H10F2N2O2S/c12-8-3-4-11(9(13)5-8)18(16,17)15-10(6-14)7-1-2-7/h3-5,7,10,15H,1-2H2. The molecule has 0 amide bonds. The third-order valence-corrected chi connectivity index (χ3v) is 4.17. The van der Waals surface area contributed by atoms with E-state index in [0.29, 0.717) is 6.07 Å². The minimum absolute atomic E-state index is 0.0201. The Balaban J connectivity index is 2.27. The maximum absolute atomic E-state index is 13.4. The number of hydrogen-bond acceptors (Lipinski definition) is 3. The van der Waals surface area contributed by atoms with E-state index in [0.717, 1.165) is 25.0 Å². The van der Waals surface area contributed by atoms with E-state index in [1.54, 1.807) is 0 Å². The molecule has 0 saturated heterocycles. The zero-order chi connectivity index (χ0) is 13.3. The van der Waals surface area contributed by atoms with Crippen molar-refractivity contribution in [1.29, 1.82) is 5.26 Å². The highest BCUT2D eigenvalue weighted by Crippen LogP contribution is 2.33. The summed E-state index contributed by atoms with van der Waals surface area (Å²) in [6.07, 6.45) is 1.54. The van der Waals surface area contributed by atoms with Crippen LogP contribution >= 0.6 is 0 Å². The fourth-order valence-electron chi connectivity index (χ4n) is 1.58. The van der Waals surface area contributed by atoms with Crippen LogP contribution in [-0.2, 0) is 10.0 Å². The van der Waals surface area contributed by atoms with Crippen molar-refractivity contribution in [2.75, 3.05) is 0 Å². The second-order valence-corrected chi connectivity index (χ2v) is 5.82. The van der Waals surface area contributed by atoms with Crippen LogP contribution in [0.4, 0.5) is 8.78 Å². The van der Waals surface area contributed by atoms with Gasteiger partial charge in [-0.1, -0.05) is 0 Å². The van der Waals surface area contributed by atoms with Gasteiger partial charge < -0.3 is 0 Å². The van der Waals surface area contributed by atoms with Crippen molar-refractivity contribution in [2.24, 2.45) is 5.92 Å². The van der Waals surface area contributed by atoms with Crippen LogP contribution in [0.3, 0.4) is 0 Å². The Morgan fingerprint density at radius 1 is 1.39 bits per heavy atom. The number of halogens is 2. The number of nitriles is 1. The number of nitrogens with zero attached hydrogens (tertiary/aromatic N) is 1. The third-order valence-electron chi connectivity index (χ3n) is 2.70. The first-order valence-corrected chi connectivity index (χ1v) is 6.79. The number of nitrogens with one attached hydrogen (secondary N) is 1. The van der Waals surface area contributed by atoms with Crippen LogP contribution < -0.4 is 4.72 Å². The van der Waals surface area contributed by atoms with Gasteiger partial charge in [0.2, 0.25) is 10.0 Å². The molecule has 1 aliphatic rings. The molecule has 1 aromatic rings. The van der Waals surface area contributed by atoms with Gasteiger partial charge in [0.15, 0.2) is 0 Å². The van der Waals surface area contributed by atoms with Gasteiger partial charge in [-0.3, -0.25) is 0 Å². The van der Waals surface area contributed by atoms with Gasteiger partial charge in [-0.25, -0.2) is 17.2 Å². The first-order chi connectivity index (χ1) is 8.44.